The molecule has 1 heterocycles. The van der Waals surface area contributed by atoms with Gasteiger partial charge in [-0.15, -0.1) is 0 Å². The van der Waals surface area contributed by atoms with E-state index in [1.54, 1.807) is 13.2 Å². The van der Waals surface area contributed by atoms with Crippen molar-refractivity contribution in [1.29, 1.82) is 0 Å². The molecule has 8 heteroatoms. The average molecular weight is 564 g/mol. The van der Waals surface area contributed by atoms with E-state index in [0.717, 1.165) is 16.3 Å². The maximum absolute atomic E-state index is 13.0. The van der Waals surface area contributed by atoms with Crippen molar-refractivity contribution in [2.24, 2.45) is 5.73 Å². The van der Waals surface area contributed by atoms with Crippen molar-refractivity contribution in [3.63, 3.8) is 0 Å². The van der Waals surface area contributed by atoms with Gasteiger partial charge >= 0.3 is 5.97 Å². The van der Waals surface area contributed by atoms with Crippen molar-refractivity contribution in [3.05, 3.63) is 93.0 Å². The third-order valence-corrected chi connectivity index (χ3v) is 7.32. The molecule has 3 aromatic carbocycles. The van der Waals surface area contributed by atoms with Crippen LogP contribution in [0.4, 0.5) is 0 Å². The Labute approximate surface area is 223 Å². The second-order valence-electron chi connectivity index (χ2n) is 8.88. The summed E-state index contributed by atoms with van der Waals surface area (Å²) in [6.45, 7) is 0.320. The number of nitrogens with two attached hydrogens (primary N) is 1. The number of Topliss-reactive ketones (excluding diaryl/α,β-unsaturated/α-hetero) is 1. The summed E-state index contributed by atoms with van der Waals surface area (Å²) in [5.41, 5.74) is 8.37. The minimum Gasteiger partial charge on any atom is -0.493 e. The minimum atomic E-state index is -0.749. The summed E-state index contributed by atoms with van der Waals surface area (Å²) in [6.07, 6.45) is 1.61. The van der Waals surface area contributed by atoms with Crippen LogP contribution in [0.25, 0.3) is 10.8 Å². The fourth-order valence-electron chi connectivity index (χ4n) is 5.01. The number of benzene rings is 3. The van der Waals surface area contributed by atoms with E-state index in [9.17, 15) is 9.59 Å². The van der Waals surface area contributed by atoms with Gasteiger partial charge in [0.15, 0.2) is 17.3 Å². The third-order valence-electron chi connectivity index (χ3n) is 6.73. The average Bonchev–Trinajstić information content (AvgIpc) is 2.91. The predicted octanol–water partition coefficient (Wildman–Crippen LogP) is 5.65. The Morgan fingerprint density at radius 3 is 2.68 bits per heavy atom. The van der Waals surface area contributed by atoms with E-state index in [4.69, 9.17) is 24.7 Å². The number of hydrogen-bond acceptors (Lipinski definition) is 7. The molecule has 1 aliphatic carbocycles. The highest BCUT2D eigenvalue weighted by Crippen LogP contribution is 2.47. The van der Waals surface area contributed by atoms with Gasteiger partial charge in [0, 0.05) is 18.4 Å². The second-order valence-corrected chi connectivity index (χ2v) is 9.73. The van der Waals surface area contributed by atoms with Crippen LogP contribution in [0.5, 0.6) is 11.5 Å². The van der Waals surface area contributed by atoms with Gasteiger partial charge in [-0.25, -0.2) is 4.79 Å². The van der Waals surface area contributed by atoms with E-state index in [1.807, 2.05) is 30.3 Å². The minimum absolute atomic E-state index is 0.0586. The topological polar surface area (TPSA) is 97.1 Å². The Kier molecular flexibility index (Phi) is 6.93. The zero-order valence-corrected chi connectivity index (χ0v) is 22.1. The first-order chi connectivity index (χ1) is 17.9. The van der Waals surface area contributed by atoms with Crippen LogP contribution in [0.2, 0.25) is 0 Å². The first-order valence-corrected chi connectivity index (χ1v) is 12.7. The lowest BCUT2D eigenvalue weighted by atomic mass is 9.77. The molecule has 2 N–H and O–H groups in total. The number of fused-ring (bicyclic) bond motifs is 1. The lowest BCUT2D eigenvalue weighted by molar-refractivity contribution is -0.136. The fraction of sp³-hybridized carbons (Fsp3) is 0.241. The molecule has 2 aliphatic rings. The number of methoxy groups -OCH3 is 2. The molecule has 0 fully saturated rings. The van der Waals surface area contributed by atoms with E-state index in [1.165, 1.54) is 7.11 Å². The SMILES string of the molecule is COC(=O)C1=C(N)OC2=C(C(=O)CCC2)[C@H]1c1cc(Br)c(OCc2cccc3ccccc23)c(OC)c1. The molecule has 37 heavy (non-hydrogen) atoms. The van der Waals surface area contributed by atoms with Gasteiger partial charge in [-0.05, 0) is 56.4 Å². The van der Waals surface area contributed by atoms with Crippen LogP contribution in [0.15, 0.2) is 81.9 Å². The number of ketones is 1. The summed E-state index contributed by atoms with van der Waals surface area (Å²) in [5.74, 6) is -0.0858. The van der Waals surface area contributed by atoms with Gasteiger partial charge in [0.2, 0.25) is 5.88 Å². The van der Waals surface area contributed by atoms with Crippen LogP contribution >= 0.6 is 15.9 Å². The molecule has 0 unspecified atom stereocenters. The van der Waals surface area contributed by atoms with Gasteiger partial charge in [-0.3, -0.25) is 4.79 Å². The summed E-state index contributed by atoms with van der Waals surface area (Å²) >= 11 is 3.62. The Bertz CT molecular complexity index is 1470. The second kappa shape index (κ2) is 10.3. The monoisotopic (exact) mass is 563 g/mol. The first kappa shape index (κ1) is 24.9. The molecule has 5 rings (SSSR count). The van der Waals surface area contributed by atoms with Gasteiger partial charge in [-0.1, -0.05) is 42.5 Å². The van der Waals surface area contributed by atoms with Gasteiger partial charge < -0.3 is 24.7 Å². The highest BCUT2D eigenvalue weighted by Gasteiger charge is 2.41. The van der Waals surface area contributed by atoms with E-state index in [0.29, 0.717) is 58.7 Å². The Hall–Kier alpha value is -3.78. The molecule has 0 aromatic heterocycles. The molecule has 0 amide bonds. The van der Waals surface area contributed by atoms with E-state index in [2.05, 4.69) is 34.1 Å². The summed E-state index contributed by atoms with van der Waals surface area (Å²) in [4.78, 5) is 25.8. The Morgan fingerprint density at radius 1 is 1.11 bits per heavy atom. The van der Waals surface area contributed by atoms with Crippen molar-refractivity contribution in [1.82, 2.24) is 0 Å². The molecule has 1 atom stereocenters. The largest absolute Gasteiger partial charge is 0.493 e. The number of ether oxygens (including phenoxy) is 4. The quantitative estimate of drug-likeness (QED) is 0.387. The molecule has 3 aromatic rings. The fourth-order valence-corrected chi connectivity index (χ4v) is 5.59. The molecule has 1 aliphatic heterocycles. The van der Waals surface area contributed by atoms with Crippen molar-refractivity contribution in [2.45, 2.75) is 31.8 Å². The highest BCUT2D eigenvalue weighted by atomic mass is 79.9. The molecular formula is C29H26BrNO6. The zero-order chi connectivity index (χ0) is 26.1. The predicted molar refractivity (Wildman–Crippen MR) is 142 cm³/mol. The van der Waals surface area contributed by atoms with E-state index >= 15 is 0 Å². The van der Waals surface area contributed by atoms with Crippen LogP contribution in [-0.2, 0) is 25.7 Å². The Morgan fingerprint density at radius 2 is 1.89 bits per heavy atom. The van der Waals surface area contributed by atoms with Crippen molar-refractivity contribution in [3.8, 4) is 11.5 Å². The number of allylic oxidation sites excluding steroid dienone is 2. The van der Waals surface area contributed by atoms with Gasteiger partial charge in [0.1, 0.15) is 17.9 Å². The summed E-state index contributed by atoms with van der Waals surface area (Å²) in [7, 11) is 2.81. The maximum Gasteiger partial charge on any atom is 0.340 e. The maximum atomic E-state index is 13.0. The summed E-state index contributed by atoms with van der Waals surface area (Å²) < 4.78 is 23.3. The van der Waals surface area contributed by atoms with Gasteiger partial charge in [0.05, 0.1) is 24.6 Å². The van der Waals surface area contributed by atoms with Crippen LogP contribution in [-0.4, -0.2) is 26.0 Å². The van der Waals surface area contributed by atoms with E-state index in [-0.39, 0.29) is 17.2 Å². The number of esters is 1. The molecule has 0 radical (unpaired) electrons. The molecule has 0 bridgehead atoms. The lowest BCUT2D eigenvalue weighted by Gasteiger charge is -2.32. The molecule has 0 saturated carbocycles. The zero-order valence-electron chi connectivity index (χ0n) is 20.5. The number of hydrogen-bond donors (Lipinski definition) is 1. The van der Waals surface area contributed by atoms with Gasteiger partial charge in [-0.2, -0.15) is 0 Å². The van der Waals surface area contributed by atoms with Crippen LogP contribution in [0, 0.1) is 0 Å². The molecule has 0 spiro atoms. The Balaban J connectivity index is 1.55. The van der Waals surface area contributed by atoms with Crippen molar-refractivity contribution >= 4 is 38.5 Å². The smallest absolute Gasteiger partial charge is 0.340 e. The normalized spacial score (nSPS) is 17.4. The highest BCUT2D eigenvalue weighted by molar-refractivity contribution is 9.10. The number of rotatable bonds is 6. The van der Waals surface area contributed by atoms with Crippen molar-refractivity contribution < 1.29 is 28.5 Å². The number of carbonyl (C=O) groups excluding carboxylic acids is 2. The number of halogens is 1. The van der Waals surface area contributed by atoms with Crippen LogP contribution in [0.1, 0.15) is 36.3 Å². The molecular weight excluding hydrogens is 538 g/mol. The number of carbonyl (C=O) groups is 2. The first-order valence-electron chi connectivity index (χ1n) is 11.9. The summed E-state index contributed by atoms with van der Waals surface area (Å²) in [5, 5.41) is 2.24. The molecule has 190 valence electrons. The molecule has 0 saturated heterocycles. The van der Waals surface area contributed by atoms with Crippen LogP contribution in [0.3, 0.4) is 0 Å². The van der Waals surface area contributed by atoms with Crippen LogP contribution < -0.4 is 15.2 Å². The molecule has 7 nitrogen and oxygen atoms in total. The van der Waals surface area contributed by atoms with Gasteiger partial charge in [0.25, 0.3) is 0 Å². The lowest BCUT2D eigenvalue weighted by Crippen LogP contribution is -2.31. The standard InChI is InChI=1S/C29H26BrNO6/c1-34-23-14-18(24-25-21(32)11-6-12-22(25)37-28(31)26(24)29(33)35-2)13-20(30)27(23)36-15-17-9-5-8-16-7-3-4-10-19(16)17/h3-5,7-10,13-14,24H,6,11-12,15,31H2,1-2H3/t24-/m1/s1. The summed E-state index contributed by atoms with van der Waals surface area (Å²) in [6, 6.07) is 17.8. The van der Waals surface area contributed by atoms with Crippen molar-refractivity contribution in [2.75, 3.05) is 14.2 Å². The van der Waals surface area contributed by atoms with E-state index < -0.39 is 11.9 Å². The third kappa shape index (κ3) is 4.57.